The van der Waals surface area contributed by atoms with Crippen LogP contribution in [0.5, 0.6) is 0 Å². The lowest BCUT2D eigenvalue weighted by molar-refractivity contribution is -0.170. The molecule has 0 aliphatic carbocycles. The van der Waals surface area contributed by atoms with Gasteiger partial charge in [0.15, 0.2) is 0 Å². The third kappa shape index (κ3) is 4.01. The molecule has 1 aromatic carbocycles. The molecule has 3 N–H and O–H groups in total. The molecule has 9 heteroatoms. The summed E-state index contributed by atoms with van der Waals surface area (Å²) < 4.78 is 5.44. The normalized spacial score (nSPS) is 20.5. The molecular weight excluding hydrogens is 376 g/mol. The van der Waals surface area contributed by atoms with Crippen LogP contribution in [0, 0.1) is 0 Å². The van der Waals surface area contributed by atoms with Crippen molar-refractivity contribution in [2.24, 2.45) is 5.73 Å². The van der Waals surface area contributed by atoms with Crippen molar-refractivity contribution in [3.63, 3.8) is 0 Å². The number of ether oxygens (including phenoxy) is 1. The van der Waals surface area contributed by atoms with E-state index >= 15 is 0 Å². The topological polar surface area (TPSA) is 122 Å². The number of rotatable bonds is 4. The van der Waals surface area contributed by atoms with Gasteiger partial charge in [0.25, 0.3) is 17.7 Å². The van der Waals surface area contributed by atoms with Gasteiger partial charge in [-0.05, 0) is 45.7 Å². The second-order valence-electron chi connectivity index (χ2n) is 8.09. The lowest BCUT2D eigenvalue weighted by atomic mass is 10.1. The molecule has 3 rings (SSSR count). The van der Waals surface area contributed by atoms with Crippen LogP contribution < -0.4 is 11.2 Å². The predicted octanol–water partition coefficient (Wildman–Crippen LogP) is 0.447. The Morgan fingerprint density at radius 2 is 1.79 bits per heavy atom. The molecule has 0 spiro atoms. The fourth-order valence-corrected chi connectivity index (χ4v) is 3.53. The van der Waals surface area contributed by atoms with E-state index in [0.29, 0.717) is 19.4 Å². The zero-order chi connectivity index (χ0) is 21.3. The van der Waals surface area contributed by atoms with Crippen molar-refractivity contribution >= 4 is 23.7 Å². The van der Waals surface area contributed by atoms with Gasteiger partial charge < -0.3 is 10.5 Å². The minimum Gasteiger partial charge on any atom is -0.458 e. The van der Waals surface area contributed by atoms with E-state index in [1.807, 2.05) is 0 Å². The van der Waals surface area contributed by atoms with Crippen molar-refractivity contribution in [1.29, 1.82) is 0 Å². The van der Waals surface area contributed by atoms with Crippen LogP contribution in [0.1, 0.15) is 54.3 Å². The zero-order valence-corrected chi connectivity index (χ0v) is 16.8. The second kappa shape index (κ2) is 7.92. The van der Waals surface area contributed by atoms with Gasteiger partial charge in [-0.3, -0.25) is 24.3 Å². The second-order valence-corrected chi connectivity index (χ2v) is 8.09. The highest BCUT2D eigenvalue weighted by molar-refractivity contribution is 6.22. The summed E-state index contributed by atoms with van der Waals surface area (Å²) in [4.78, 5) is 52.3. The van der Waals surface area contributed by atoms with Gasteiger partial charge in [0.2, 0.25) is 0 Å². The SMILES string of the molecule is CC(C)(C)OC(=O)[C@@H]1CCCNN1C(=O)[C@H](CN)N1C(=O)c2ccccc2C1=O. The highest BCUT2D eigenvalue weighted by Gasteiger charge is 2.46. The summed E-state index contributed by atoms with van der Waals surface area (Å²) in [5, 5.41) is 1.17. The number of hydrogen-bond donors (Lipinski definition) is 2. The standard InChI is InChI=1S/C20H26N4O5/c1-20(2,3)29-19(28)14-9-6-10-22-24(14)18(27)15(11-21)23-16(25)12-7-4-5-8-13(12)17(23)26/h4-5,7-8,14-15,22H,6,9-11,21H2,1-3H3/t14-,15-/m0/s1. The summed E-state index contributed by atoms with van der Waals surface area (Å²) in [5.41, 5.74) is 8.47. The molecule has 156 valence electrons. The van der Waals surface area contributed by atoms with E-state index in [9.17, 15) is 19.2 Å². The summed E-state index contributed by atoms with van der Waals surface area (Å²) >= 11 is 0. The van der Waals surface area contributed by atoms with Crippen molar-refractivity contribution in [3.05, 3.63) is 35.4 Å². The summed E-state index contributed by atoms with van der Waals surface area (Å²) in [6, 6.07) is 4.29. The molecule has 0 saturated carbocycles. The molecule has 2 aliphatic rings. The van der Waals surface area contributed by atoms with Crippen LogP contribution in [0.4, 0.5) is 0 Å². The molecule has 2 aliphatic heterocycles. The Bertz CT molecular complexity index is 813. The molecule has 1 aromatic rings. The van der Waals surface area contributed by atoms with E-state index in [0.717, 1.165) is 4.90 Å². The van der Waals surface area contributed by atoms with Gasteiger partial charge in [-0.1, -0.05) is 12.1 Å². The number of fused-ring (bicyclic) bond motifs is 1. The third-order valence-corrected chi connectivity index (χ3v) is 4.81. The summed E-state index contributed by atoms with van der Waals surface area (Å²) in [6.07, 6.45) is 1.08. The molecular formula is C20H26N4O5. The van der Waals surface area contributed by atoms with Gasteiger partial charge in [-0.15, -0.1) is 0 Å². The number of hydrogen-bond acceptors (Lipinski definition) is 7. The number of carbonyl (C=O) groups excluding carboxylic acids is 4. The zero-order valence-electron chi connectivity index (χ0n) is 16.8. The summed E-state index contributed by atoms with van der Waals surface area (Å²) in [7, 11) is 0. The predicted molar refractivity (Wildman–Crippen MR) is 104 cm³/mol. The van der Waals surface area contributed by atoms with Gasteiger partial charge >= 0.3 is 5.97 Å². The Morgan fingerprint density at radius 3 is 2.31 bits per heavy atom. The molecule has 0 bridgehead atoms. The third-order valence-electron chi connectivity index (χ3n) is 4.81. The van der Waals surface area contributed by atoms with Crippen LogP contribution in [0.2, 0.25) is 0 Å². The van der Waals surface area contributed by atoms with Gasteiger partial charge in [-0.2, -0.15) is 0 Å². The molecule has 2 heterocycles. The maximum absolute atomic E-state index is 13.3. The largest absolute Gasteiger partial charge is 0.458 e. The van der Waals surface area contributed by atoms with E-state index in [-0.39, 0.29) is 17.7 Å². The van der Waals surface area contributed by atoms with E-state index in [1.54, 1.807) is 32.9 Å². The van der Waals surface area contributed by atoms with Crippen molar-refractivity contribution < 1.29 is 23.9 Å². The Balaban J connectivity index is 1.86. The van der Waals surface area contributed by atoms with Gasteiger partial charge in [-0.25, -0.2) is 10.2 Å². The number of benzene rings is 1. The molecule has 0 radical (unpaired) electrons. The van der Waals surface area contributed by atoms with Gasteiger partial charge in [0.1, 0.15) is 17.7 Å². The number of amides is 3. The molecule has 9 nitrogen and oxygen atoms in total. The number of nitrogens with zero attached hydrogens (tertiary/aromatic N) is 2. The fraction of sp³-hybridized carbons (Fsp3) is 0.500. The average molecular weight is 402 g/mol. The first-order valence-corrected chi connectivity index (χ1v) is 9.62. The highest BCUT2D eigenvalue weighted by Crippen LogP contribution is 2.26. The highest BCUT2D eigenvalue weighted by atomic mass is 16.6. The number of esters is 1. The Kier molecular flexibility index (Phi) is 5.72. The number of carbonyl (C=O) groups is 4. The summed E-state index contributed by atoms with van der Waals surface area (Å²) in [6.45, 7) is 5.45. The number of nitrogens with one attached hydrogen (secondary N) is 1. The lowest BCUT2D eigenvalue weighted by Gasteiger charge is -2.38. The monoisotopic (exact) mass is 402 g/mol. The van der Waals surface area contributed by atoms with Crippen molar-refractivity contribution in [3.8, 4) is 0 Å². The summed E-state index contributed by atoms with van der Waals surface area (Å²) in [5.74, 6) is -2.30. The Morgan fingerprint density at radius 1 is 1.21 bits per heavy atom. The average Bonchev–Trinajstić information content (AvgIpc) is 2.93. The molecule has 1 saturated heterocycles. The molecule has 2 atom stereocenters. The molecule has 3 amide bonds. The number of hydrazine groups is 1. The van der Waals surface area contributed by atoms with E-state index in [4.69, 9.17) is 10.5 Å². The first-order chi connectivity index (χ1) is 13.7. The first kappa shape index (κ1) is 20.9. The minimum absolute atomic E-state index is 0.235. The quantitative estimate of drug-likeness (QED) is 0.554. The van der Waals surface area contributed by atoms with Crippen LogP contribution in [0.3, 0.4) is 0 Å². The maximum atomic E-state index is 13.3. The van der Waals surface area contributed by atoms with E-state index in [2.05, 4.69) is 5.43 Å². The van der Waals surface area contributed by atoms with Crippen LogP contribution in [0.15, 0.2) is 24.3 Å². The molecule has 29 heavy (non-hydrogen) atoms. The van der Waals surface area contributed by atoms with Crippen LogP contribution in [-0.2, 0) is 14.3 Å². The smallest absolute Gasteiger partial charge is 0.331 e. The Labute approximate surface area is 169 Å². The fourth-order valence-electron chi connectivity index (χ4n) is 3.53. The van der Waals surface area contributed by atoms with Crippen LogP contribution in [-0.4, -0.2) is 64.4 Å². The van der Waals surface area contributed by atoms with Gasteiger partial charge in [0, 0.05) is 13.1 Å². The van der Waals surface area contributed by atoms with Crippen molar-refractivity contribution in [2.45, 2.75) is 51.3 Å². The molecule has 0 unspecified atom stereocenters. The molecule has 1 fully saturated rings. The first-order valence-electron chi connectivity index (χ1n) is 9.62. The van der Waals surface area contributed by atoms with Crippen molar-refractivity contribution in [1.82, 2.24) is 15.3 Å². The van der Waals surface area contributed by atoms with Crippen LogP contribution in [0.25, 0.3) is 0 Å². The number of imide groups is 1. The lowest BCUT2D eigenvalue weighted by Crippen LogP contribution is -2.63. The number of nitrogens with two attached hydrogens (primary N) is 1. The maximum Gasteiger partial charge on any atom is 0.331 e. The van der Waals surface area contributed by atoms with Gasteiger partial charge in [0.05, 0.1) is 11.1 Å². The van der Waals surface area contributed by atoms with E-state index in [1.165, 1.54) is 17.1 Å². The van der Waals surface area contributed by atoms with Crippen molar-refractivity contribution in [2.75, 3.05) is 13.1 Å². The minimum atomic E-state index is -1.22. The van der Waals surface area contributed by atoms with E-state index < -0.39 is 41.4 Å². The van der Waals surface area contributed by atoms with Crippen LogP contribution >= 0.6 is 0 Å². The molecule has 0 aromatic heterocycles. The Hall–Kier alpha value is -2.78.